The van der Waals surface area contributed by atoms with Crippen LogP contribution in [-0.4, -0.2) is 24.9 Å². The van der Waals surface area contributed by atoms with E-state index in [1.165, 1.54) is 0 Å². The summed E-state index contributed by atoms with van der Waals surface area (Å²) in [6.07, 6.45) is 8.01. The average molecular weight is 168 g/mol. The van der Waals surface area contributed by atoms with Crippen molar-refractivity contribution in [2.24, 2.45) is 0 Å². The molecule has 2 rings (SSSR count). The summed E-state index contributed by atoms with van der Waals surface area (Å²) in [5.41, 5.74) is 0.0446. The second-order valence-electron chi connectivity index (χ2n) is 3.83. The van der Waals surface area contributed by atoms with Gasteiger partial charge in [-0.1, -0.05) is 12.2 Å². The zero-order valence-corrected chi connectivity index (χ0v) is 7.58. The van der Waals surface area contributed by atoms with Gasteiger partial charge in [-0.2, -0.15) is 0 Å². The smallest absolute Gasteiger partial charge is 0.0946 e. The van der Waals surface area contributed by atoms with Gasteiger partial charge in [0.05, 0.1) is 24.9 Å². The first-order chi connectivity index (χ1) is 5.81. The van der Waals surface area contributed by atoms with E-state index in [1.807, 2.05) is 0 Å². The highest BCUT2D eigenvalue weighted by Gasteiger charge is 2.39. The van der Waals surface area contributed by atoms with Crippen LogP contribution in [0.15, 0.2) is 12.2 Å². The normalized spacial score (nSPS) is 41.9. The van der Waals surface area contributed by atoms with Crippen molar-refractivity contribution in [2.75, 3.05) is 13.2 Å². The second-order valence-corrected chi connectivity index (χ2v) is 3.83. The molecule has 2 nitrogen and oxygen atoms in total. The van der Waals surface area contributed by atoms with E-state index in [2.05, 4.69) is 19.1 Å². The van der Waals surface area contributed by atoms with Gasteiger partial charge in [0.1, 0.15) is 0 Å². The number of rotatable bonds is 0. The van der Waals surface area contributed by atoms with Crippen LogP contribution in [-0.2, 0) is 9.47 Å². The fraction of sp³-hybridized carbons (Fsp3) is 0.800. The molecule has 0 saturated carbocycles. The average Bonchev–Trinajstić information content (AvgIpc) is 2.30. The van der Waals surface area contributed by atoms with Crippen molar-refractivity contribution < 1.29 is 9.47 Å². The van der Waals surface area contributed by atoms with Crippen LogP contribution in [0.4, 0.5) is 0 Å². The van der Waals surface area contributed by atoms with Crippen molar-refractivity contribution in [3.05, 3.63) is 12.2 Å². The topological polar surface area (TPSA) is 18.5 Å². The molecule has 0 amide bonds. The quantitative estimate of drug-likeness (QED) is 0.514. The minimum absolute atomic E-state index is 0.0446. The predicted molar refractivity (Wildman–Crippen MR) is 47.1 cm³/mol. The van der Waals surface area contributed by atoms with Crippen LogP contribution in [0.3, 0.4) is 0 Å². The lowest BCUT2D eigenvalue weighted by Gasteiger charge is -2.25. The summed E-state index contributed by atoms with van der Waals surface area (Å²) >= 11 is 0. The molecular weight excluding hydrogens is 152 g/mol. The number of hydrogen-bond acceptors (Lipinski definition) is 2. The van der Waals surface area contributed by atoms with Crippen molar-refractivity contribution >= 4 is 0 Å². The van der Waals surface area contributed by atoms with Gasteiger partial charge in [-0.15, -0.1) is 0 Å². The Morgan fingerprint density at radius 1 is 1.42 bits per heavy atom. The highest BCUT2D eigenvalue weighted by Crippen LogP contribution is 2.33. The van der Waals surface area contributed by atoms with Crippen LogP contribution >= 0.6 is 0 Å². The molecule has 0 unspecified atom stereocenters. The van der Waals surface area contributed by atoms with Gasteiger partial charge in [0.2, 0.25) is 0 Å². The van der Waals surface area contributed by atoms with E-state index in [0.717, 1.165) is 32.5 Å². The molecule has 1 saturated heterocycles. The zero-order chi connectivity index (χ0) is 8.44. The van der Waals surface area contributed by atoms with Gasteiger partial charge in [0.15, 0.2) is 0 Å². The molecule has 1 spiro atoms. The van der Waals surface area contributed by atoms with Gasteiger partial charge in [-0.25, -0.2) is 0 Å². The van der Waals surface area contributed by atoms with Crippen LogP contribution in [0, 0.1) is 0 Å². The van der Waals surface area contributed by atoms with Crippen molar-refractivity contribution in [2.45, 2.75) is 37.9 Å². The summed E-state index contributed by atoms with van der Waals surface area (Å²) < 4.78 is 11.4. The molecule has 2 heterocycles. The summed E-state index contributed by atoms with van der Waals surface area (Å²) in [5, 5.41) is 0. The molecule has 2 aliphatic rings. The number of allylic oxidation sites excluding steroid dienone is 1. The lowest BCUT2D eigenvalue weighted by Crippen LogP contribution is -2.32. The Labute approximate surface area is 73.5 Å². The van der Waals surface area contributed by atoms with Crippen molar-refractivity contribution in [3.63, 3.8) is 0 Å². The largest absolute Gasteiger partial charge is 0.375 e. The zero-order valence-electron chi connectivity index (χ0n) is 7.58. The molecule has 0 aromatic heterocycles. The van der Waals surface area contributed by atoms with Crippen molar-refractivity contribution in [3.8, 4) is 0 Å². The maximum atomic E-state index is 5.81. The Morgan fingerprint density at radius 3 is 3.08 bits per heavy atom. The summed E-state index contributed by atoms with van der Waals surface area (Å²) in [6.45, 7) is 3.67. The monoisotopic (exact) mass is 168 g/mol. The predicted octanol–water partition coefficient (Wildman–Crippen LogP) is 1.90. The van der Waals surface area contributed by atoms with Gasteiger partial charge in [-0.3, -0.25) is 0 Å². The van der Waals surface area contributed by atoms with E-state index in [4.69, 9.17) is 9.47 Å². The third-order valence-electron chi connectivity index (χ3n) is 2.71. The maximum absolute atomic E-state index is 5.81. The highest BCUT2D eigenvalue weighted by atomic mass is 16.6. The first kappa shape index (κ1) is 8.27. The molecule has 2 atom stereocenters. The number of ether oxygens (including phenoxy) is 2. The Kier molecular flexibility index (Phi) is 2.20. The van der Waals surface area contributed by atoms with Crippen molar-refractivity contribution in [1.82, 2.24) is 0 Å². The van der Waals surface area contributed by atoms with E-state index in [9.17, 15) is 0 Å². The lowest BCUT2D eigenvalue weighted by atomic mass is 9.95. The Balaban J connectivity index is 2.01. The van der Waals surface area contributed by atoms with Crippen molar-refractivity contribution in [1.29, 1.82) is 0 Å². The summed E-state index contributed by atoms with van der Waals surface area (Å²) in [4.78, 5) is 0. The summed E-state index contributed by atoms with van der Waals surface area (Å²) in [6, 6.07) is 0. The molecule has 2 aliphatic heterocycles. The molecule has 0 radical (unpaired) electrons. The van der Waals surface area contributed by atoms with E-state index >= 15 is 0 Å². The van der Waals surface area contributed by atoms with E-state index in [1.54, 1.807) is 0 Å². The molecule has 2 heteroatoms. The second kappa shape index (κ2) is 3.19. The third kappa shape index (κ3) is 1.54. The van der Waals surface area contributed by atoms with Gasteiger partial charge in [0, 0.05) is 6.42 Å². The van der Waals surface area contributed by atoms with Crippen LogP contribution in [0.5, 0.6) is 0 Å². The fourth-order valence-corrected chi connectivity index (χ4v) is 2.04. The minimum atomic E-state index is 0.0446. The summed E-state index contributed by atoms with van der Waals surface area (Å²) in [7, 11) is 0. The highest BCUT2D eigenvalue weighted by molar-refractivity contribution is 4.96. The first-order valence-corrected chi connectivity index (χ1v) is 4.71. The lowest BCUT2D eigenvalue weighted by molar-refractivity contribution is -0.0386. The SMILES string of the molecule is C[C@H]1C[C@@]2(CCC=CCO2)CO1. The van der Waals surface area contributed by atoms with E-state index in [0.29, 0.717) is 6.10 Å². The molecule has 0 aromatic rings. The van der Waals surface area contributed by atoms with Crippen LogP contribution in [0.1, 0.15) is 26.2 Å². The molecular formula is C10H16O2. The standard InChI is InChI=1S/C10H16O2/c1-9-7-10(8-11-9)5-3-2-4-6-12-10/h2,4,9H,3,5-8H2,1H3/t9-,10-/m0/s1. The Bertz CT molecular complexity index is 176. The van der Waals surface area contributed by atoms with Crippen LogP contribution < -0.4 is 0 Å². The van der Waals surface area contributed by atoms with Gasteiger partial charge >= 0.3 is 0 Å². The van der Waals surface area contributed by atoms with Crippen LogP contribution in [0.2, 0.25) is 0 Å². The molecule has 0 bridgehead atoms. The molecule has 12 heavy (non-hydrogen) atoms. The summed E-state index contributed by atoms with van der Waals surface area (Å²) in [5.74, 6) is 0. The first-order valence-electron chi connectivity index (χ1n) is 4.71. The minimum Gasteiger partial charge on any atom is -0.375 e. The third-order valence-corrected chi connectivity index (χ3v) is 2.71. The number of hydrogen-bond donors (Lipinski definition) is 0. The molecule has 0 N–H and O–H groups in total. The molecule has 68 valence electrons. The molecule has 0 aromatic carbocycles. The fourth-order valence-electron chi connectivity index (χ4n) is 2.04. The Morgan fingerprint density at radius 2 is 2.33 bits per heavy atom. The molecule has 1 fully saturated rings. The van der Waals surface area contributed by atoms with E-state index in [-0.39, 0.29) is 5.60 Å². The van der Waals surface area contributed by atoms with E-state index < -0.39 is 0 Å². The van der Waals surface area contributed by atoms with Gasteiger partial charge < -0.3 is 9.47 Å². The maximum Gasteiger partial charge on any atom is 0.0946 e. The van der Waals surface area contributed by atoms with Gasteiger partial charge in [-0.05, 0) is 19.8 Å². The van der Waals surface area contributed by atoms with Gasteiger partial charge in [0.25, 0.3) is 0 Å². The molecule has 0 aliphatic carbocycles. The van der Waals surface area contributed by atoms with Crippen LogP contribution in [0.25, 0.3) is 0 Å². The Hall–Kier alpha value is -0.340.